The maximum absolute atomic E-state index is 9.71. The topological polar surface area (TPSA) is 49.5 Å². The summed E-state index contributed by atoms with van der Waals surface area (Å²) in [6.07, 6.45) is 4.52. The lowest BCUT2D eigenvalue weighted by Crippen LogP contribution is -2.62. The van der Waals surface area contributed by atoms with Gasteiger partial charge in [-0.3, -0.25) is 4.90 Å². The van der Waals surface area contributed by atoms with E-state index in [-0.39, 0.29) is 6.10 Å². The lowest BCUT2D eigenvalue weighted by Gasteiger charge is -2.46. The highest BCUT2D eigenvalue weighted by molar-refractivity contribution is 4.92. The molecule has 1 saturated carbocycles. The van der Waals surface area contributed by atoms with Crippen LogP contribution in [0, 0.1) is 0 Å². The molecule has 1 aliphatic carbocycles. The zero-order valence-electron chi connectivity index (χ0n) is 7.45. The molecular weight excluding hydrogens is 152 g/mol. The summed E-state index contributed by atoms with van der Waals surface area (Å²) in [4.78, 5) is 2.33. The molecule has 0 aromatic heterocycles. The van der Waals surface area contributed by atoms with Crippen molar-refractivity contribution in [3.8, 4) is 0 Å². The van der Waals surface area contributed by atoms with Crippen LogP contribution in [0.15, 0.2) is 0 Å². The molecular formula is C9H18N2O. The minimum absolute atomic E-state index is 0.0914. The van der Waals surface area contributed by atoms with E-state index >= 15 is 0 Å². The van der Waals surface area contributed by atoms with Crippen LogP contribution in [0.5, 0.6) is 0 Å². The third-order valence-corrected chi connectivity index (χ3v) is 3.10. The molecule has 0 aromatic carbocycles. The van der Waals surface area contributed by atoms with Crippen LogP contribution in [-0.2, 0) is 0 Å². The molecule has 3 heteroatoms. The van der Waals surface area contributed by atoms with Gasteiger partial charge in [-0.15, -0.1) is 0 Å². The summed E-state index contributed by atoms with van der Waals surface area (Å²) in [7, 11) is 0. The van der Waals surface area contributed by atoms with Crippen LogP contribution in [0.3, 0.4) is 0 Å². The van der Waals surface area contributed by atoms with Gasteiger partial charge in [-0.1, -0.05) is 12.8 Å². The third kappa shape index (κ3) is 1.49. The number of rotatable bonds is 1. The van der Waals surface area contributed by atoms with Crippen molar-refractivity contribution >= 4 is 0 Å². The van der Waals surface area contributed by atoms with Crippen LogP contribution < -0.4 is 5.73 Å². The zero-order valence-corrected chi connectivity index (χ0v) is 7.45. The van der Waals surface area contributed by atoms with E-state index in [1.54, 1.807) is 0 Å². The van der Waals surface area contributed by atoms with Crippen LogP contribution in [0.4, 0.5) is 0 Å². The quantitative estimate of drug-likeness (QED) is 0.579. The average molecular weight is 170 g/mol. The Morgan fingerprint density at radius 1 is 1.17 bits per heavy atom. The number of aliphatic hydroxyl groups is 1. The van der Waals surface area contributed by atoms with Gasteiger partial charge in [-0.05, 0) is 12.8 Å². The molecule has 3 N–H and O–H groups in total. The monoisotopic (exact) mass is 170 g/mol. The van der Waals surface area contributed by atoms with Crippen LogP contribution in [0.1, 0.15) is 25.7 Å². The Labute approximate surface area is 73.5 Å². The summed E-state index contributed by atoms with van der Waals surface area (Å²) in [5, 5.41) is 9.71. The Balaban J connectivity index is 1.85. The second-order valence-corrected chi connectivity index (χ2v) is 4.13. The van der Waals surface area contributed by atoms with Gasteiger partial charge in [0.05, 0.1) is 6.10 Å². The summed E-state index contributed by atoms with van der Waals surface area (Å²) in [5.74, 6) is 0. The molecule has 2 atom stereocenters. The molecule has 1 aliphatic heterocycles. The van der Waals surface area contributed by atoms with Crippen molar-refractivity contribution in [2.75, 3.05) is 13.1 Å². The Morgan fingerprint density at radius 2 is 1.83 bits per heavy atom. The number of nitrogens with two attached hydrogens (primary N) is 1. The Kier molecular flexibility index (Phi) is 2.35. The van der Waals surface area contributed by atoms with Gasteiger partial charge in [0.1, 0.15) is 0 Å². The molecule has 2 unspecified atom stereocenters. The standard InChI is InChI=1S/C9H18N2O/c10-7-5-11(6-7)8-3-1-2-4-9(8)12/h7-9,12H,1-6,10H2. The van der Waals surface area contributed by atoms with E-state index in [2.05, 4.69) is 4.90 Å². The zero-order chi connectivity index (χ0) is 8.55. The fourth-order valence-corrected chi connectivity index (χ4v) is 2.34. The van der Waals surface area contributed by atoms with Crippen molar-refractivity contribution in [1.82, 2.24) is 4.90 Å². The van der Waals surface area contributed by atoms with E-state index in [9.17, 15) is 5.11 Å². The minimum atomic E-state index is -0.0914. The summed E-state index contributed by atoms with van der Waals surface area (Å²) >= 11 is 0. The van der Waals surface area contributed by atoms with Crippen molar-refractivity contribution in [2.24, 2.45) is 5.73 Å². The summed E-state index contributed by atoms with van der Waals surface area (Å²) < 4.78 is 0. The van der Waals surface area contributed by atoms with E-state index in [0.29, 0.717) is 12.1 Å². The van der Waals surface area contributed by atoms with E-state index in [1.165, 1.54) is 12.8 Å². The predicted molar refractivity (Wildman–Crippen MR) is 47.8 cm³/mol. The number of hydrogen-bond donors (Lipinski definition) is 2. The Morgan fingerprint density at radius 3 is 2.42 bits per heavy atom. The first kappa shape index (κ1) is 8.48. The first-order valence-corrected chi connectivity index (χ1v) is 4.95. The molecule has 3 nitrogen and oxygen atoms in total. The number of aliphatic hydroxyl groups excluding tert-OH is 1. The Bertz CT molecular complexity index is 157. The number of hydrogen-bond acceptors (Lipinski definition) is 3. The van der Waals surface area contributed by atoms with Gasteiger partial charge in [-0.25, -0.2) is 0 Å². The molecule has 1 heterocycles. The highest BCUT2D eigenvalue weighted by atomic mass is 16.3. The van der Waals surface area contributed by atoms with E-state index in [1.807, 2.05) is 0 Å². The maximum Gasteiger partial charge on any atom is 0.0695 e. The first-order chi connectivity index (χ1) is 5.77. The van der Waals surface area contributed by atoms with Crippen molar-refractivity contribution in [3.05, 3.63) is 0 Å². The van der Waals surface area contributed by atoms with Crippen molar-refractivity contribution < 1.29 is 5.11 Å². The van der Waals surface area contributed by atoms with Crippen molar-refractivity contribution in [1.29, 1.82) is 0 Å². The molecule has 2 aliphatic rings. The van der Waals surface area contributed by atoms with Gasteiger partial charge < -0.3 is 10.8 Å². The molecule has 0 spiro atoms. The molecule has 0 radical (unpaired) electrons. The normalized spacial score (nSPS) is 39.5. The molecule has 0 aromatic rings. The number of likely N-dealkylation sites (tertiary alicyclic amines) is 1. The molecule has 1 saturated heterocycles. The van der Waals surface area contributed by atoms with Gasteiger partial charge in [0.25, 0.3) is 0 Å². The predicted octanol–water partition coefficient (Wildman–Crippen LogP) is -0.0672. The largest absolute Gasteiger partial charge is 0.391 e. The van der Waals surface area contributed by atoms with E-state index in [4.69, 9.17) is 5.73 Å². The molecule has 2 rings (SSSR count). The molecule has 2 fully saturated rings. The lowest BCUT2D eigenvalue weighted by molar-refractivity contribution is -0.0171. The molecule has 0 amide bonds. The van der Waals surface area contributed by atoms with E-state index in [0.717, 1.165) is 25.9 Å². The van der Waals surface area contributed by atoms with Crippen LogP contribution in [0.25, 0.3) is 0 Å². The van der Waals surface area contributed by atoms with Crippen LogP contribution in [0.2, 0.25) is 0 Å². The van der Waals surface area contributed by atoms with Gasteiger partial charge in [0, 0.05) is 25.2 Å². The third-order valence-electron chi connectivity index (χ3n) is 3.10. The van der Waals surface area contributed by atoms with E-state index < -0.39 is 0 Å². The first-order valence-electron chi connectivity index (χ1n) is 4.95. The minimum Gasteiger partial charge on any atom is -0.391 e. The summed E-state index contributed by atoms with van der Waals surface area (Å²) in [5.41, 5.74) is 5.70. The lowest BCUT2D eigenvalue weighted by atomic mass is 9.89. The van der Waals surface area contributed by atoms with Gasteiger partial charge in [0.2, 0.25) is 0 Å². The maximum atomic E-state index is 9.71. The fourth-order valence-electron chi connectivity index (χ4n) is 2.34. The second-order valence-electron chi connectivity index (χ2n) is 4.13. The smallest absolute Gasteiger partial charge is 0.0695 e. The summed E-state index contributed by atoms with van der Waals surface area (Å²) in [6.45, 7) is 1.98. The van der Waals surface area contributed by atoms with Crippen LogP contribution in [-0.4, -0.2) is 41.3 Å². The summed E-state index contributed by atoms with van der Waals surface area (Å²) in [6, 6.07) is 0.776. The molecule has 0 bridgehead atoms. The van der Waals surface area contributed by atoms with Gasteiger partial charge >= 0.3 is 0 Å². The van der Waals surface area contributed by atoms with Crippen LogP contribution >= 0.6 is 0 Å². The molecule has 70 valence electrons. The van der Waals surface area contributed by atoms with Crippen molar-refractivity contribution in [3.63, 3.8) is 0 Å². The second kappa shape index (κ2) is 3.32. The number of nitrogens with zero attached hydrogens (tertiary/aromatic N) is 1. The SMILES string of the molecule is NC1CN(C2CCCCC2O)C1. The highest BCUT2D eigenvalue weighted by Crippen LogP contribution is 2.25. The Hall–Kier alpha value is -0.120. The van der Waals surface area contributed by atoms with Crippen molar-refractivity contribution in [2.45, 2.75) is 43.9 Å². The molecule has 12 heavy (non-hydrogen) atoms. The fraction of sp³-hybridized carbons (Fsp3) is 1.00. The van der Waals surface area contributed by atoms with Gasteiger partial charge in [-0.2, -0.15) is 0 Å². The van der Waals surface area contributed by atoms with Gasteiger partial charge in [0.15, 0.2) is 0 Å². The highest BCUT2D eigenvalue weighted by Gasteiger charge is 2.34. The average Bonchev–Trinajstić information content (AvgIpc) is 2.01.